The number of likely N-dealkylation sites (N-methyl/N-ethyl adjacent to an activating group) is 1. The monoisotopic (exact) mass is 269 g/mol. The number of carbonyl (C=O) groups is 1. The van der Waals surface area contributed by atoms with Crippen LogP contribution in [0.5, 0.6) is 5.75 Å². The minimum absolute atomic E-state index is 0.0393. The number of rotatable bonds is 5. The molecule has 0 bridgehead atoms. The third-order valence-corrected chi connectivity index (χ3v) is 3.05. The molecule has 0 heterocycles. The van der Waals surface area contributed by atoms with Crippen molar-refractivity contribution in [3.05, 3.63) is 60.7 Å². The number of benzene rings is 2. The van der Waals surface area contributed by atoms with Gasteiger partial charge in [-0.2, -0.15) is 0 Å². The highest BCUT2D eigenvalue weighted by Crippen LogP contribution is 2.17. The van der Waals surface area contributed by atoms with Gasteiger partial charge in [-0.3, -0.25) is 4.79 Å². The lowest BCUT2D eigenvalue weighted by Crippen LogP contribution is -2.40. The van der Waals surface area contributed by atoms with Gasteiger partial charge in [0.15, 0.2) is 6.10 Å². The summed E-state index contributed by atoms with van der Waals surface area (Å²) in [5.74, 6) is 0.667. The fourth-order valence-electron chi connectivity index (χ4n) is 2.05. The zero-order valence-electron chi connectivity index (χ0n) is 11.8. The Morgan fingerprint density at radius 3 is 2.15 bits per heavy atom. The first-order valence-corrected chi connectivity index (χ1v) is 6.80. The van der Waals surface area contributed by atoms with Crippen LogP contribution in [0.3, 0.4) is 0 Å². The van der Waals surface area contributed by atoms with Gasteiger partial charge < -0.3 is 9.64 Å². The number of ether oxygens (including phenoxy) is 1. The fourth-order valence-corrected chi connectivity index (χ4v) is 2.05. The number of amides is 1. The van der Waals surface area contributed by atoms with E-state index in [1.165, 1.54) is 0 Å². The molecule has 2 rings (SSSR count). The molecule has 2 aromatic carbocycles. The summed E-state index contributed by atoms with van der Waals surface area (Å²) >= 11 is 0. The van der Waals surface area contributed by atoms with Gasteiger partial charge in [0.05, 0.1) is 0 Å². The second kappa shape index (κ2) is 6.75. The highest BCUT2D eigenvalue weighted by Gasteiger charge is 2.22. The first kappa shape index (κ1) is 14.1. The summed E-state index contributed by atoms with van der Waals surface area (Å²) in [6, 6.07) is 19.0. The van der Waals surface area contributed by atoms with Crippen molar-refractivity contribution >= 4 is 11.6 Å². The minimum Gasteiger partial charge on any atom is -0.481 e. The van der Waals surface area contributed by atoms with Gasteiger partial charge in [0.1, 0.15) is 5.75 Å². The van der Waals surface area contributed by atoms with Crippen LogP contribution in [0.1, 0.15) is 13.8 Å². The Hall–Kier alpha value is -2.29. The van der Waals surface area contributed by atoms with Gasteiger partial charge in [-0.15, -0.1) is 0 Å². The summed E-state index contributed by atoms with van der Waals surface area (Å²) in [7, 11) is 0. The summed E-state index contributed by atoms with van der Waals surface area (Å²) in [5, 5.41) is 0. The largest absolute Gasteiger partial charge is 0.481 e. The molecule has 0 aliphatic heterocycles. The van der Waals surface area contributed by atoms with Gasteiger partial charge in [0.25, 0.3) is 5.91 Å². The topological polar surface area (TPSA) is 29.5 Å². The lowest BCUT2D eigenvalue weighted by Gasteiger charge is -2.25. The van der Waals surface area contributed by atoms with Crippen LogP contribution < -0.4 is 9.64 Å². The molecule has 3 nitrogen and oxygen atoms in total. The summed E-state index contributed by atoms with van der Waals surface area (Å²) in [4.78, 5) is 14.2. The number of carbonyl (C=O) groups excluding carboxylic acids is 1. The SMILES string of the molecule is CCN(C(=O)C(C)Oc1ccccc1)c1ccccc1. The van der Waals surface area contributed by atoms with Crippen molar-refractivity contribution in [2.45, 2.75) is 20.0 Å². The number of hydrogen-bond donors (Lipinski definition) is 0. The van der Waals surface area contributed by atoms with Gasteiger partial charge in [-0.1, -0.05) is 36.4 Å². The number of nitrogens with zero attached hydrogens (tertiary/aromatic N) is 1. The zero-order chi connectivity index (χ0) is 14.4. The number of para-hydroxylation sites is 2. The molecule has 0 aliphatic rings. The van der Waals surface area contributed by atoms with Crippen LogP contribution in [0.2, 0.25) is 0 Å². The second-order valence-electron chi connectivity index (χ2n) is 4.49. The van der Waals surface area contributed by atoms with E-state index in [1.54, 1.807) is 11.8 Å². The Kier molecular flexibility index (Phi) is 4.77. The molecule has 2 aromatic rings. The molecule has 1 unspecified atom stereocenters. The lowest BCUT2D eigenvalue weighted by molar-refractivity contribution is -0.124. The average Bonchev–Trinajstić information content (AvgIpc) is 2.50. The van der Waals surface area contributed by atoms with Crippen LogP contribution in [0, 0.1) is 0 Å². The standard InChI is InChI=1S/C17H19NO2/c1-3-18(15-10-6-4-7-11-15)17(19)14(2)20-16-12-8-5-9-13-16/h4-14H,3H2,1-2H3. The van der Waals surface area contributed by atoms with Crippen molar-refractivity contribution in [3.63, 3.8) is 0 Å². The quantitative estimate of drug-likeness (QED) is 0.831. The maximum atomic E-state index is 12.5. The van der Waals surface area contributed by atoms with Crippen LogP contribution in [0.4, 0.5) is 5.69 Å². The average molecular weight is 269 g/mol. The Balaban J connectivity index is 2.09. The van der Waals surface area contributed by atoms with Crippen LogP contribution in [0.25, 0.3) is 0 Å². The molecule has 0 spiro atoms. The van der Waals surface area contributed by atoms with Crippen molar-refractivity contribution in [1.29, 1.82) is 0 Å². The van der Waals surface area contributed by atoms with Crippen LogP contribution in [0.15, 0.2) is 60.7 Å². The fraction of sp³-hybridized carbons (Fsp3) is 0.235. The van der Waals surface area contributed by atoms with E-state index >= 15 is 0 Å². The third-order valence-electron chi connectivity index (χ3n) is 3.05. The van der Waals surface area contributed by atoms with Gasteiger partial charge >= 0.3 is 0 Å². The van der Waals surface area contributed by atoms with Gasteiger partial charge in [0.2, 0.25) is 0 Å². The normalized spacial score (nSPS) is 11.7. The lowest BCUT2D eigenvalue weighted by atomic mass is 10.2. The number of anilines is 1. The molecule has 104 valence electrons. The smallest absolute Gasteiger partial charge is 0.267 e. The summed E-state index contributed by atoms with van der Waals surface area (Å²) in [6.07, 6.45) is -0.516. The Morgan fingerprint density at radius 2 is 1.60 bits per heavy atom. The van der Waals surface area contributed by atoms with Crippen LogP contribution >= 0.6 is 0 Å². The van der Waals surface area contributed by atoms with Gasteiger partial charge in [-0.05, 0) is 38.1 Å². The molecule has 3 heteroatoms. The molecule has 0 saturated heterocycles. The van der Waals surface area contributed by atoms with E-state index in [9.17, 15) is 4.79 Å². The van der Waals surface area contributed by atoms with E-state index in [0.29, 0.717) is 12.3 Å². The first-order valence-electron chi connectivity index (χ1n) is 6.80. The number of hydrogen-bond acceptors (Lipinski definition) is 2. The van der Waals surface area contributed by atoms with E-state index in [4.69, 9.17) is 4.74 Å². The Morgan fingerprint density at radius 1 is 1.05 bits per heavy atom. The zero-order valence-corrected chi connectivity index (χ0v) is 11.8. The van der Waals surface area contributed by atoms with E-state index in [1.807, 2.05) is 67.6 Å². The van der Waals surface area contributed by atoms with Crippen LogP contribution in [-0.4, -0.2) is 18.6 Å². The summed E-state index contributed by atoms with van der Waals surface area (Å²) < 4.78 is 5.69. The molecule has 0 aromatic heterocycles. The predicted molar refractivity (Wildman–Crippen MR) is 81.0 cm³/mol. The molecule has 1 atom stereocenters. The summed E-state index contributed by atoms with van der Waals surface area (Å²) in [5.41, 5.74) is 0.892. The molecule has 0 saturated carbocycles. The van der Waals surface area contributed by atoms with Gasteiger partial charge in [0, 0.05) is 12.2 Å². The first-order chi connectivity index (χ1) is 9.72. The summed E-state index contributed by atoms with van der Waals surface area (Å²) in [6.45, 7) is 4.35. The maximum Gasteiger partial charge on any atom is 0.267 e. The maximum absolute atomic E-state index is 12.5. The molecule has 0 aliphatic carbocycles. The van der Waals surface area contributed by atoms with Crippen molar-refractivity contribution in [2.75, 3.05) is 11.4 Å². The van der Waals surface area contributed by atoms with Crippen molar-refractivity contribution in [3.8, 4) is 5.75 Å². The predicted octanol–water partition coefficient (Wildman–Crippen LogP) is 3.51. The highest BCUT2D eigenvalue weighted by atomic mass is 16.5. The van der Waals surface area contributed by atoms with E-state index in [-0.39, 0.29) is 5.91 Å². The van der Waals surface area contributed by atoms with E-state index in [0.717, 1.165) is 5.69 Å². The third kappa shape index (κ3) is 3.38. The minimum atomic E-state index is -0.516. The highest BCUT2D eigenvalue weighted by molar-refractivity contribution is 5.96. The van der Waals surface area contributed by atoms with Crippen molar-refractivity contribution in [2.24, 2.45) is 0 Å². The van der Waals surface area contributed by atoms with E-state index < -0.39 is 6.10 Å². The van der Waals surface area contributed by atoms with Gasteiger partial charge in [-0.25, -0.2) is 0 Å². The molecule has 20 heavy (non-hydrogen) atoms. The Bertz CT molecular complexity index is 539. The molecular formula is C17H19NO2. The van der Waals surface area contributed by atoms with Crippen molar-refractivity contribution < 1.29 is 9.53 Å². The van der Waals surface area contributed by atoms with Crippen LogP contribution in [-0.2, 0) is 4.79 Å². The van der Waals surface area contributed by atoms with E-state index in [2.05, 4.69) is 0 Å². The molecular weight excluding hydrogens is 250 g/mol. The molecule has 1 amide bonds. The second-order valence-corrected chi connectivity index (χ2v) is 4.49. The molecule has 0 fully saturated rings. The molecule has 0 radical (unpaired) electrons. The van der Waals surface area contributed by atoms with Crippen molar-refractivity contribution in [1.82, 2.24) is 0 Å². The Labute approximate surface area is 119 Å². The molecule has 0 N–H and O–H groups in total.